The molecule has 3 rings (SSSR count). The zero-order chi connectivity index (χ0) is 15.2. The summed E-state index contributed by atoms with van der Waals surface area (Å²) in [6, 6.07) is 0. The second-order valence-electron chi connectivity index (χ2n) is 7.61. The molecule has 3 fully saturated rings. The van der Waals surface area contributed by atoms with Crippen LogP contribution in [0.1, 0.15) is 77.0 Å². The lowest BCUT2D eigenvalue weighted by molar-refractivity contribution is -0.156. The molecule has 0 aromatic rings. The number of carbonyl (C=O) groups excluding carboxylic acids is 1. The maximum Gasteiger partial charge on any atom is 0.309 e. The molecule has 0 spiro atoms. The van der Waals surface area contributed by atoms with E-state index in [2.05, 4.69) is 11.8 Å². The number of hydrogen-bond donors (Lipinski definition) is 0. The van der Waals surface area contributed by atoms with Crippen LogP contribution in [0.5, 0.6) is 0 Å². The van der Waals surface area contributed by atoms with E-state index < -0.39 is 0 Å². The fourth-order valence-corrected chi connectivity index (χ4v) is 5.81. The van der Waals surface area contributed by atoms with Crippen molar-refractivity contribution in [3.8, 4) is 0 Å². The van der Waals surface area contributed by atoms with E-state index in [1.807, 2.05) is 0 Å². The third kappa shape index (κ3) is 4.66. The number of carbonyl (C=O) groups is 1. The molecule has 0 aromatic carbocycles. The van der Waals surface area contributed by atoms with Crippen molar-refractivity contribution in [2.75, 3.05) is 11.5 Å². The van der Waals surface area contributed by atoms with Crippen LogP contribution in [0.3, 0.4) is 0 Å². The molecule has 2 nitrogen and oxygen atoms in total. The summed E-state index contributed by atoms with van der Waals surface area (Å²) in [4.78, 5) is 12.5. The highest BCUT2D eigenvalue weighted by Crippen LogP contribution is 2.38. The van der Waals surface area contributed by atoms with Gasteiger partial charge in [0, 0.05) is 0 Å². The van der Waals surface area contributed by atoms with E-state index in [0.29, 0.717) is 0 Å². The molecule has 1 aliphatic heterocycles. The first-order valence-corrected chi connectivity index (χ1v) is 10.8. The molecule has 2 atom stereocenters. The van der Waals surface area contributed by atoms with E-state index in [1.54, 1.807) is 0 Å². The summed E-state index contributed by atoms with van der Waals surface area (Å²) in [5.41, 5.74) is 0. The van der Waals surface area contributed by atoms with Crippen LogP contribution in [-0.2, 0) is 9.53 Å². The second-order valence-corrected chi connectivity index (χ2v) is 8.84. The summed E-state index contributed by atoms with van der Waals surface area (Å²) in [6.45, 7) is 0. The number of hydrogen-bond acceptors (Lipinski definition) is 3. The van der Waals surface area contributed by atoms with Crippen molar-refractivity contribution in [2.45, 2.75) is 83.2 Å². The van der Waals surface area contributed by atoms with E-state index in [0.717, 1.165) is 37.5 Å². The zero-order valence-electron chi connectivity index (χ0n) is 13.9. The van der Waals surface area contributed by atoms with Crippen molar-refractivity contribution < 1.29 is 9.53 Å². The van der Waals surface area contributed by atoms with E-state index in [4.69, 9.17) is 4.74 Å². The van der Waals surface area contributed by atoms with Crippen LogP contribution in [0.15, 0.2) is 0 Å². The Hall–Kier alpha value is -0.180. The molecule has 126 valence electrons. The van der Waals surface area contributed by atoms with Crippen LogP contribution in [0.25, 0.3) is 0 Å². The molecular weight excluding hydrogens is 292 g/mol. The van der Waals surface area contributed by atoms with Gasteiger partial charge in [-0.15, -0.1) is 0 Å². The molecule has 3 aliphatic rings. The Morgan fingerprint density at radius 3 is 2.23 bits per heavy atom. The minimum atomic E-state index is 0.131. The molecule has 3 heteroatoms. The lowest BCUT2D eigenvalue weighted by Gasteiger charge is -2.29. The van der Waals surface area contributed by atoms with Gasteiger partial charge in [0.05, 0.1) is 5.92 Å². The molecule has 0 aromatic heterocycles. The molecule has 1 saturated heterocycles. The first kappa shape index (κ1) is 16.7. The summed E-state index contributed by atoms with van der Waals surface area (Å²) >= 11 is 2.12. The van der Waals surface area contributed by atoms with Crippen LogP contribution in [0.4, 0.5) is 0 Å². The van der Waals surface area contributed by atoms with Crippen molar-refractivity contribution in [2.24, 2.45) is 17.8 Å². The van der Waals surface area contributed by atoms with E-state index in [-0.39, 0.29) is 18.0 Å². The minimum absolute atomic E-state index is 0.131. The quantitative estimate of drug-likeness (QED) is 0.527. The molecule has 2 unspecified atom stereocenters. The standard InChI is InChI=1S/C19H32O2S/c20-19(21-18-7-2-1-3-8-18)17-6-4-5-15(9-10-17)16-11-13-22-14-12-16/h15-18H,1-14H2. The van der Waals surface area contributed by atoms with E-state index in [1.165, 1.54) is 62.9 Å². The third-order valence-corrected chi connectivity index (χ3v) is 7.16. The molecule has 1 heterocycles. The monoisotopic (exact) mass is 324 g/mol. The minimum Gasteiger partial charge on any atom is -0.462 e. The van der Waals surface area contributed by atoms with Gasteiger partial charge in [0.25, 0.3) is 0 Å². The van der Waals surface area contributed by atoms with Gasteiger partial charge in [-0.1, -0.05) is 19.3 Å². The average Bonchev–Trinajstić information content (AvgIpc) is 2.83. The largest absolute Gasteiger partial charge is 0.462 e. The van der Waals surface area contributed by atoms with Crippen molar-refractivity contribution in [1.29, 1.82) is 0 Å². The normalized spacial score (nSPS) is 32.4. The van der Waals surface area contributed by atoms with Gasteiger partial charge in [0.15, 0.2) is 0 Å². The van der Waals surface area contributed by atoms with Gasteiger partial charge in [-0.05, 0) is 81.1 Å². The lowest BCUT2D eigenvalue weighted by Crippen LogP contribution is -2.26. The molecule has 2 saturated carbocycles. The van der Waals surface area contributed by atoms with Crippen LogP contribution < -0.4 is 0 Å². The molecule has 0 bridgehead atoms. The van der Waals surface area contributed by atoms with E-state index in [9.17, 15) is 4.79 Å². The number of esters is 1. The summed E-state index contributed by atoms with van der Waals surface area (Å²) in [6.07, 6.45) is 15.1. The SMILES string of the molecule is O=C(OC1CCCCC1)C1CCCC(C2CCSCC2)CC1. The Labute approximate surface area is 140 Å². The third-order valence-electron chi connectivity index (χ3n) is 6.11. The summed E-state index contributed by atoms with van der Waals surface area (Å²) in [5.74, 6) is 4.86. The van der Waals surface area contributed by atoms with Crippen LogP contribution in [-0.4, -0.2) is 23.6 Å². The Kier molecular flexibility index (Phi) is 6.52. The Bertz CT molecular complexity index is 345. The number of ether oxygens (including phenoxy) is 1. The Morgan fingerprint density at radius 1 is 0.727 bits per heavy atom. The molecule has 2 aliphatic carbocycles. The van der Waals surface area contributed by atoms with Crippen LogP contribution in [0, 0.1) is 17.8 Å². The predicted molar refractivity (Wildman–Crippen MR) is 93.1 cm³/mol. The van der Waals surface area contributed by atoms with Crippen LogP contribution in [0.2, 0.25) is 0 Å². The first-order chi connectivity index (χ1) is 10.8. The van der Waals surface area contributed by atoms with Gasteiger partial charge < -0.3 is 4.74 Å². The second kappa shape index (κ2) is 8.61. The summed E-state index contributed by atoms with van der Waals surface area (Å²) in [7, 11) is 0. The predicted octanol–water partition coefficient (Wildman–Crippen LogP) is 5.20. The fraction of sp³-hybridized carbons (Fsp3) is 0.947. The molecule has 0 amide bonds. The molecular formula is C19H32O2S. The Balaban J connectivity index is 1.45. The lowest BCUT2D eigenvalue weighted by atomic mass is 9.82. The van der Waals surface area contributed by atoms with Gasteiger partial charge in [-0.2, -0.15) is 11.8 Å². The van der Waals surface area contributed by atoms with Gasteiger partial charge in [0.1, 0.15) is 6.10 Å². The van der Waals surface area contributed by atoms with Crippen molar-refractivity contribution in [3.63, 3.8) is 0 Å². The first-order valence-electron chi connectivity index (χ1n) is 9.61. The molecule has 0 radical (unpaired) electrons. The van der Waals surface area contributed by atoms with Gasteiger partial charge >= 0.3 is 5.97 Å². The highest BCUT2D eigenvalue weighted by Gasteiger charge is 2.31. The Morgan fingerprint density at radius 2 is 1.45 bits per heavy atom. The fourth-order valence-electron chi connectivity index (χ4n) is 4.67. The topological polar surface area (TPSA) is 26.3 Å². The summed E-state index contributed by atoms with van der Waals surface area (Å²) < 4.78 is 5.82. The number of rotatable bonds is 3. The van der Waals surface area contributed by atoms with Crippen molar-refractivity contribution >= 4 is 17.7 Å². The maximum atomic E-state index is 12.5. The van der Waals surface area contributed by atoms with Crippen molar-refractivity contribution in [1.82, 2.24) is 0 Å². The average molecular weight is 325 g/mol. The van der Waals surface area contributed by atoms with E-state index >= 15 is 0 Å². The smallest absolute Gasteiger partial charge is 0.309 e. The molecule has 0 N–H and O–H groups in total. The van der Waals surface area contributed by atoms with Gasteiger partial charge in [-0.3, -0.25) is 4.79 Å². The summed E-state index contributed by atoms with van der Waals surface area (Å²) in [5, 5.41) is 0. The van der Waals surface area contributed by atoms with Gasteiger partial charge in [0.2, 0.25) is 0 Å². The highest BCUT2D eigenvalue weighted by atomic mass is 32.2. The van der Waals surface area contributed by atoms with Crippen LogP contribution >= 0.6 is 11.8 Å². The zero-order valence-corrected chi connectivity index (χ0v) is 14.8. The number of thioether (sulfide) groups is 1. The highest BCUT2D eigenvalue weighted by molar-refractivity contribution is 7.99. The van der Waals surface area contributed by atoms with Gasteiger partial charge in [-0.25, -0.2) is 0 Å². The maximum absolute atomic E-state index is 12.5. The van der Waals surface area contributed by atoms with Crippen molar-refractivity contribution in [3.05, 3.63) is 0 Å². The molecule has 22 heavy (non-hydrogen) atoms.